The van der Waals surface area contributed by atoms with E-state index < -0.39 is 5.97 Å². The topological polar surface area (TPSA) is 80.9 Å². The summed E-state index contributed by atoms with van der Waals surface area (Å²) in [4.78, 5) is 10.5. The smallest absolute Gasteiger partial charge is 0.313 e. The molecule has 1 N–H and O–H groups in total. The van der Waals surface area contributed by atoms with Crippen LogP contribution in [0.25, 0.3) is 10.7 Å². The average Bonchev–Trinajstić information content (AvgIpc) is 2.93. The van der Waals surface area contributed by atoms with Gasteiger partial charge in [-0.2, -0.15) is 5.10 Å². The zero-order chi connectivity index (χ0) is 13.8. The van der Waals surface area contributed by atoms with E-state index in [1.165, 1.54) is 23.1 Å². The highest BCUT2D eigenvalue weighted by Crippen LogP contribution is 2.28. The van der Waals surface area contributed by atoms with E-state index in [4.69, 9.17) is 5.11 Å². The Labute approximate surface area is 118 Å². The van der Waals surface area contributed by atoms with Crippen LogP contribution in [0.4, 0.5) is 0 Å². The van der Waals surface area contributed by atoms with Crippen molar-refractivity contribution < 1.29 is 9.90 Å². The molecular formula is C11H14N4O2S2. The Bertz CT molecular complexity index is 565. The van der Waals surface area contributed by atoms with E-state index in [1.807, 2.05) is 16.9 Å². The van der Waals surface area contributed by atoms with Gasteiger partial charge in [0.05, 0.1) is 5.75 Å². The average molecular weight is 298 g/mol. The van der Waals surface area contributed by atoms with Crippen molar-refractivity contribution in [2.24, 2.45) is 5.92 Å². The minimum atomic E-state index is -0.858. The standard InChI is InChI=1S/C11H14N4O2S2/c1-7(2)5-15-4-3-8(14-15)10-12-13-11(19-10)18-6-9(16)17/h3-4,7H,5-6H2,1-2H3,(H,16,17). The monoisotopic (exact) mass is 298 g/mol. The second-order valence-corrected chi connectivity index (χ2v) is 6.57. The molecule has 0 aliphatic carbocycles. The maximum absolute atomic E-state index is 10.5. The summed E-state index contributed by atoms with van der Waals surface area (Å²) in [7, 11) is 0. The lowest BCUT2D eigenvalue weighted by atomic mass is 10.2. The van der Waals surface area contributed by atoms with E-state index in [-0.39, 0.29) is 5.75 Å². The highest BCUT2D eigenvalue weighted by Gasteiger charge is 2.11. The maximum atomic E-state index is 10.5. The number of aromatic nitrogens is 4. The summed E-state index contributed by atoms with van der Waals surface area (Å²) in [5, 5.41) is 21.7. The van der Waals surface area contributed by atoms with Crippen LogP contribution >= 0.6 is 23.1 Å². The van der Waals surface area contributed by atoms with Crippen LogP contribution in [0.1, 0.15) is 13.8 Å². The van der Waals surface area contributed by atoms with Crippen molar-refractivity contribution in [1.82, 2.24) is 20.0 Å². The van der Waals surface area contributed by atoms with Gasteiger partial charge in [0.1, 0.15) is 5.69 Å². The number of aliphatic carboxylic acids is 1. The van der Waals surface area contributed by atoms with Gasteiger partial charge in [-0.3, -0.25) is 9.48 Å². The highest BCUT2D eigenvalue weighted by atomic mass is 32.2. The number of thioether (sulfide) groups is 1. The molecule has 102 valence electrons. The van der Waals surface area contributed by atoms with Gasteiger partial charge in [0.25, 0.3) is 0 Å². The fourth-order valence-corrected chi connectivity index (χ4v) is 2.98. The van der Waals surface area contributed by atoms with Crippen LogP contribution in [0, 0.1) is 5.92 Å². The normalized spacial score (nSPS) is 11.1. The van der Waals surface area contributed by atoms with Crippen LogP contribution < -0.4 is 0 Å². The summed E-state index contributed by atoms with van der Waals surface area (Å²) in [6, 6.07) is 1.90. The molecule has 0 spiro atoms. The van der Waals surface area contributed by atoms with Crippen molar-refractivity contribution in [1.29, 1.82) is 0 Å². The molecule has 0 aliphatic rings. The molecule has 6 nitrogen and oxygen atoms in total. The van der Waals surface area contributed by atoms with Crippen molar-refractivity contribution in [3.8, 4) is 10.7 Å². The fourth-order valence-electron chi connectivity index (χ4n) is 1.45. The first kappa shape index (κ1) is 14.0. The number of rotatable bonds is 6. The molecule has 0 unspecified atom stereocenters. The van der Waals surface area contributed by atoms with Crippen LogP contribution in [-0.2, 0) is 11.3 Å². The quantitative estimate of drug-likeness (QED) is 0.824. The van der Waals surface area contributed by atoms with Gasteiger partial charge in [0.15, 0.2) is 9.35 Å². The molecule has 0 radical (unpaired) electrons. The Morgan fingerprint density at radius 1 is 1.53 bits per heavy atom. The molecule has 0 saturated carbocycles. The third kappa shape index (κ3) is 4.03. The van der Waals surface area contributed by atoms with Crippen molar-refractivity contribution in [2.75, 3.05) is 5.75 Å². The Kier molecular flexibility index (Phi) is 4.54. The van der Waals surface area contributed by atoms with Crippen molar-refractivity contribution in [2.45, 2.75) is 24.7 Å². The first-order valence-corrected chi connectivity index (χ1v) is 7.56. The summed E-state index contributed by atoms with van der Waals surface area (Å²) in [6.07, 6.45) is 1.92. The second kappa shape index (κ2) is 6.16. The van der Waals surface area contributed by atoms with Crippen LogP contribution in [-0.4, -0.2) is 36.8 Å². The van der Waals surface area contributed by atoms with Crippen LogP contribution in [0.15, 0.2) is 16.6 Å². The first-order chi connectivity index (χ1) is 9.04. The lowest BCUT2D eigenvalue weighted by Crippen LogP contribution is -2.04. The maximum Gasteiger partial charge on any atom is 0.313 e. The lowest BCUT2D eigenvalue weighted by molar-refractivity contribution is -0.133. The third-order valence-corrected chi connectivity index (χ3v) is 4.20. The number of hydrogen-bond acceptors (Lipinski definition) is 6. The van der Waals surface area contributed by atoms with E-state index in [9.17, 15) is 4.79 Å². The number of nitrogens with zero attached hydrogens (tertiary/aromatic N) is 4. The molecule has 0 atom stereocenters. The molecule has 0 aliphatic heterocycles. The lowest BCUT2D eigenvalue weighted by Gasteiger charge is -2.03. The van der Waals surface area contributed by atoms with E-state index in [0.717, 1.165) is 17.2 Å². The van der Waals surface area contributed by atoms with Gasteiger partial charge in [0, 0.05) is 12.7 Å². The van der Waals surface area contributed by atoms with Crippen LogP contribution in [0.2, 0.25) is 0 Å². The van der Waals surface area contributed by atoms with Crippen LogP contribution in [0.5, 0.6) is 0 Å². The molecule has 2 aromatic rings. The fraction of sp³-hybridized carbons (Fsp3) is 0.455. The van der Waals surface area contributed by atoms with Gasteiger partial charge in [-0.15, -0.1) is 10.2 Å². The third-order valence-electron chi connectivity index (χ3n) is 2.14. The molecule has 2 heterocycles. The molecule has 8 heteroatoms. The first-order valence-electron chi connectivity index (χ1n) is 5.76. The number of carboxylic acids is 1. The Morgan fingerprint density at radius 3 is 3.00 bits per heavy atom. The van der Waals surface area contributed by atoms with E-state index >= 15 is 0 Å². The summed E-state index contributed by atoms with van der Waals surface area (Å²) >= 11 is 2.53. The van der Waals surface area contributed by atoms with Crippen molar-refractivity contribution >= 4 is 29.1 Å². The molecule has 0 bridgehead atoms. The van der Waals surface area contributed by atoms with Gasteiger partial charge in [-0.25, -0.2) is 0 Å². The second-order valence-electron chi connectivity index (χ2n) is 4.37. The van der Waals surface area contributed by atoms with Gasteiger partial charge < -0.3 is 5.11 Å². The predicted octanol–water partition coefficient (Wildman–Crippen LogP) is 2.23. The number of carbonyl (C=O) groups is 1. The SMILES string of the molecule is CC(C)Cn1ccc(-c2nnc(SCC(=O)O)s2)n1. The predicted molar refractivity (Wildman–Crippen MR) is 74.3 cm³/mol. The molecule has 2 rings (SSSR count). The van der Waals surface area contributed by atoms with E-state index in [2.05, 4.69) is 29.1 Å². The molecule has 2 aromatic heterocycles. The molecule has 0 aromatic carbocycles. The van der Waals surface area contributed by atoms with Gasteiger partial charge in [-0.05, 0) is 12.0 Å². The minimum Gasteiger partial charge on any atom is -0.481 e. The number of hydrogen-bond donors (Lipinski definition) is 1. The zero-order valence-electron chi connectivity index (χ0n) is 10.6. The van der Waals surface area contributed by atoms with Crippen molar-refractivity contribution in [3.63, 3.8) is 0 Å². The molecule has 0 amide bonds. The van der Waals surface area contributed by atoms with Gasteiger partial charge in [-0.1, -0.05) is 36.9 Å². The van der Waals surface area contributed by atoms with E-state index in [0.29, 0.717) is 10.3 Å². The summed E-state index contributed by atoms with van der Waals surface area (Å²) in [5.41, 5.74) is 0.778. The van der Waals surface area contributed by atoms with Gasteiger partial charge in [0.2, 0.25) is 0 Å². The Morgan fingerprint density at radius 2 is 2.32 bits per heavy atom. The summed E-state index contributed by atoms with van der Waals surface area (Å²) in [6.45, 7) is 5.12. The van der Waals surface area contributed by atoms with Gasteiger partial charge >= 0.3 is 5.97 Å². The van der Waals surface area contributed by atoms with E-state index in [1.54, 1.807) is 0 Å². The minimum absolute atomic E-state index is 0.00355. The van der Waals surface area contributed by atoms with Crippen LogP contribution in [0.3, 0.4) is 0 Å². The Hall–Kier alpha value is -1.41. The number of carboxylic acid groups (broad SMARTS) is 1. The molecule has 19 heavy (non-hydrogen) atoms. The van der Waals surface area contributed by atoms with Crippen molar-refractivity contribution in [3.05, 3.63) is 12.3 Å². The highest BCUT2D eigenvalue weighted by molar-refractivity contribution is 8.01. The molecular weight excluding hydrogens is 284 g/mol. The molecule has 0 saturated heterocycles. The Balaban J connectivity index is 2.05. The molecule has 0 fully saturated rings. The summed E-state index contributed by atoms with van der Waals surface area (Å²) < 4.78 is 2.53. The summed E-state index contributed by atoms with van der Waals surface area (Å²) in [5.74, 6) is -0.331. The largest absolute Gasteiger partial charge is 0.481 e. The zero-order valence-corrected chi connectivity index (χ0v) is 12.2.